The van der Waals surface area contributed by atoms with Crippen molar-refractivity contribution >= 4 is 5.91 Å². The Morgan fingerprint density at radius 2 is 1.68 bits per heavy atom. The van der Waals surface area contributed by atoms with Crippen LogP contribution in [-0.4, -0.2) is 61.7 Å². The summed E-state index contributed by atoms with van der Waals surface area (Å²) in [5.74, 6) is -3.81. The zero-order chi connectivity index (χ0) is 25.0. The Balaban J connectivity index is 1.69. The fourth-order valence-electron chi connectivity index (χ4n) is 4.17. The van der Waals surface area contributed by atoms with Crippen molar-refractivity contribution in [3.63, 3.8) is 0 Å². The van der Waals surface area contributed by atoms with Gasteiger partial charge in [-0.2, -0.15) is 31.4 Å². The van der Waals surface area contributed by atoms with Gasteiger partial charge in [0, 0.05) is 6.20 Å². The van der Waals surface area contributed by atoms with Crippen LogP contribution in [0.25, 0.3) is 0 Å². The number of rotatable bonds is 3. The minimum atomic E-state index is -4.79. The first-order valence-corrected chi connectivity index (χ1v) is 10.1. The second-order valence-electron chi connectivity index (χ2n) is 8.18. The number of pyridine rings is 1. The Morgan fingerprint density at radius 1 is 1.03 bits per heavy atom. The lowest BCUT2D eigenvalue weighted by Crippen LogP contribution is -2.44. The third-order valence-electron chi connectivity index (χ3n) is 5.87. The maximum Gasteiger partial charge on any atom is 0.433 e. The highest BCUT2D eigenvalue weighted by atomic mass is 19.4. The van der Waals surface area contributed by atoms with Gasteiger partial charge in [-0.25, -0.2) is 18.3 Å². The summed E-state index contributed by atoms with van der Waals surface area (Å²) in [5.41, 5.74) is -2.24. The predicted molar refractivity (Wildman–Crippen MR) is 98.3 cm³/mol. The average Bonchev–Trinajstić information content (AvgIpc) is 3.25. The van der Waals surface area contributed by atoms with Crippen LogP contribution in [0.4, 0.5) is 35.1 Å². The number of carbonyl (C=O) groups excluding carboxylic acids is 1. The highest BCUT2D eigenvalue weighted by Gasteiger charge is 2.50. The third kappa shape index (κ3) is 4.39. The molecule has 4 rings (SSSR count). The number of amides is 1. The van der Waals surface area contributed by atoms with Gasteiger partial charge in [0.2, 0.25) is 5.91 Å². The first-order valence-electron chi connectivity index (χ1n) is 10.1. The molecule has 2 aliphatic rings. The first kappa shape index (κ1) is 24.1. The van der Waals surface area contributed by atoms with Gasteiger partial charge in [-0.1, -0.05) is 6.07 Å². The van der Waals surface area contributed by atoms with Gasteiger partial charge in [-0.15, -0.1) is 0 Å². The molecule has 1 amide bonds. The van der Waals surface area contributed by atoms with Crippen molar-refractivity contribution in [2.24, 2.45) is 0 Å². The molecule has 2 aliphatic heterocycles. The van der Waals surface area contributed by atoms with Crippen LogP contribution in [0.15, 0.2) is 23.1 Å². The molecule has 15 heteroatoms. The van der Waals surface area contributed by atoms with Gasteiger partial charge >= 0.3 is 18.0 Å². The Morgan fingerprint density at radius 3 is 2.21 bits per heavy atom. The molecule has 0 aromatic carbocycles. The summed E-state index contributed by atoms with van der Waals surface area (Å²) in [5, 5.41) is 3.73. The van der Waals surface area contributed by atoms with E-state index in [9.17, 15) is 44.7 Å². The number of carbonyl (C=O) groups is 1. The lowest BCUT2D eigenvalue weighted by molar-refractivity contribution is -0.160. The monoisotopic (exact) mass is 499 g/mol. The van der Waals surface area contributed by atoms with Gasteiger partial charge in [0.15, 0.2) is 12.3 Å². The van der Waals surface area contributed by atoms with E-state index in [1.165, 1.54) is 0 Å². The second-order valence-corrected chi connectivity index (χ2v) is 8.18. The van der Waals surface area contributed by atoms with Crippen LogP contribution in [0.1, 0.15) is 41.9 Å². The van der Waals surface area contributed by atoms with Crippen molar-refractivity contribution in [3.8, 4) is 0 Å². The zero-order valence-electron chi connectivity index (χ0n) is 17.2. The Kier molecular flexibility index (Phi) is 5.92. The van der Waals surface area contributed by atoms with Gasteiger partial charge in [0.05, 0.1) is 19.6 Å². The molecule has 4 heterocycles. The summed E-state index contributed by atoms with van der Waals surface area (Å²) < 4.78 is 107. The molecule has 0 aliphatic carbocycles. The van der Waals surface area contributed by atoms with E-state index in [2.05, 4.69) is 10.1 Å². The molecule has 186 valence electrons. The lowest BCUT2D eigenvalue weighted by Gasteiger charge is -2.31. The average molecular weight is 499 g/mol. The maximum atomic E-state index is 13.6. The number of nitrogens with zero attached hydrogens (tertiary/aromatic N) is 5. The minimum Gasteiger partial charge on any atom is -0.335 e. The Bertz CT molecular complexity index is 1110. The van der Waals surface area contributed by atoms with E-state index in [1.54, 1.807) is 0 Å². The molecule has 34 heavy (non-hydrogen) atoms. The largest absolute Gasteiger partial charge is 0.433 e. The van der Waals surface area contributed by atoms with Crippen molar-refractivity contribution in [1.82, 2.24) is 24.2 Å². The predicted octanol–water partition coefficient (Wildman–Crippen LogP) is 3.01. The number of halogens is 8. The van der Waals surface area contributed by atoms with Gasteiger partial charge in [0.25, 0.3) is 0 Å². The molecule has 0 N–H and O–H groups in total. The van der Waals surface area contributed by atoms with Crippen molar-refractivity contribution in [2.75, 3.05) is 13.1 Å². The summed E-state index contributed by atoms with van der Waals surface area (Å²) in [6, 6.07) is 0.199. The molecule has 4 unspecified atom stereocenters. The summed E-state index contributed by atoms with van der Waals surface area (Å²) >= 11 is 0. The molecule has 1 fully saturated rings. The molecule has 7 nitrogen and oxygen atoms in total. The maximum absolute atomic E-state index is 13.6. The summed E-state index contributed by atoms with van der Waals surface area (Å²) in [4.78, 5) is 29.9. The SMILES string of the molecule is O=C(C1CCC(C(F)(F)F)c2nn(Cc3ccc(C(F)(F)F)nc3)c(=O)n21)N1CC(F)C(F)C1. The number of hydrogen-bond acceptors (Lipinski definition) is 4. The minimum absolute atomic E-state index is 0.0528. The van der Waals surface area contributed by atoms with E-state index >= 15 is 0 Å². The number of hydrogen-bond donors (Lipinski definition) is 0. The van der Waals surface area contributed by atoms with Crippen LogP contribution in [0.3, 0.4) is 0 Å². The van der Waals surface area contributed by atoms with Crippen molar-refractivity contribution < 1.29 is 39.9 Å². The van der Waals surface area contributed by atoms with Crippen molar-refractivity contribution in [1.29, 1.82) is 0 Å². The second kappa shape index (κ2) is 8.34. The van der Waals surface area contributed by atoms with Gasteiger partial charge < -0.3 is 4.90 Å². The van der Waals surface area contributed by atoms with Crippen LogP contribution in [0.2, 0.25) is 0 Å². The van der Waals surface area contributed by atoms with Gasteiger partial charge in [-0.05, 0) is 24.5 Å². The number of fused-ring (bicyclic) bond motifs is 1. The Hall–Kier alpha value is -3.00. The molecular weight excluding hydrogens is 482 g/mol. The lowest BCUT2D eigenvalue weighted by atomic mass is 9.93. The van der Waals surface area contributed by atoms with E-state index < -0.39 is 92.2 Å². The molecular formula is C19H17F8N5O2. The molecule has 2 aromatic rings. The number of aromatic nitrogens is 4. The van der Waals surface area contributed by atoms with E-state index in [0.717, 1.165) is 17.2 Å². The number of likely N-dealkylation sites (tertiary alicyclic amines) is 1. The van der Waals surface area contributed by atoms with Crippen LogP contribution in [-0.2, 0) is 17.5 Å². The van der Waals surface area contributed by atoms with Crippen LogP contribution >= 0.6 is 0 Å². The normalized spacial score (nSPS) is 25.5. The highest BCUT2D eigenvalue weighted by Crippen LogP contribution is 2.43. The molecule has 0 saturated carbocycles. The topological polar surface area (TPSA) is 73.0 Å². The summed E-state index contributed by atoms with van der Waals surface area (Å²) in [6.45, 7) is -1.68. The highest BCUT2D eigenvalue weighted by molar-refractivity contribution is 5.81. The van der Waals surface area contributed by atoms with E-state index in [1.807, 2.05) is 0 Å². The molecule has 0 bridgehead atoms. The van der Waals surface area contributed by atoms with Crippen LogP contribution in [0.5, 0.6) is 0 Å². The fraction of sp³-hybridized carbons (Fsp3) is 0.579. The molecule has 0 spiro atoms. The molecule has 1 saturated heterocycles. The molecule has 2 aromatic heterocycles. The molecule has 4 atom stereocenters. The fourth-order valence-corrected chi connectivity index (χ4v) is 4.17. The smallest absolute Gasteiger partial charge is 0.335 e. The standard InChI is InChI=1S/C19H17F8N5O2/c20-11-7-30(8-12(11)21)16(33)13-3-2-10(18(22,23)24)15-29-31(17(34)32(13)15)6-9-1-4-14(28-5-9)19(25,26)27/h1,4-5,10-13H,2-3,6-8H2. The Labute approximate surface area is 186 Å². The zero-order valence-corrected chi connectivity index (χ0v) is 17.2. The van der Waals surface area contributed by atoms with E-state index in [0.29, 0.717) is 15.3 Å². The summed E-state index contributed by atoms with van der Waals surface area (Å²) in [6.07, 6.45) is -13.6. The first-order chi connectivity index (χ1) is 15.8. The van der Waals surface area contributed by atoms with Crippen LogP contribution < -0.4 is 5.69 Å². The van der Waals surface area contributed by atoms with Crippen molar-refractivity contribution in [2.45, 2.75) is 56.0 Å². The summed E-state index contributed by atoms with van der Waals surface area (Å²) in [7, 11) is 0. The van der Waals surface area contributed by atoms with E-state index in [4.69, 9.17) is 0 Å². The van der Waals surface area contributed by atoms with Crippen molar-refractivity contribution in [3.05, 3.63) is 45.9 Å². The van der Waals surface area contributed by atoms with Crippen LogP contribution in [0, 0.1) is 0 Å². The van der Waals surface area contributed by atoms with Gasteiger partial charge in [-0.3, -0.25) is 14.3 Å². The third-order valence-corrected chi connectivity index (χ3v) is 5.87. The quantitative estimate of drug-likeness (QED) is 0.609. The van der Waals surface area contributed by atoms with E-state index in [-0.39, 0.29) is 5.56 Å². The van der Waals surface area contributed by atoms with Gasteiger partial charge in [0.1, 0.15) is 23.5 Å². The number of alkyl halides is 8. The molecule has 0 radical (unpaired) electrons.